The predicted octanol–water partition coefficient (Wildman–Crippen LogP) is 2.65. The topological polar surface area (TPSA) is 84.3 Å². The van der Waals surface area contributed by atoms with Crippen LogP contribution in [0.2, 0.25) is 0 Å². The molecule has 0 spiro atoms. The Bertz CT molecular complexity index is 558. The molecule has 1 aliphatic rings. The molecular weight excluding hydrogens is 290 g/mol. The number of nitro benzene ring substituents is 1. The molecule has 0 radical (unpaired) electrons. The summed E-state index contributed by atoms with van der Waals surface area (Å²) in [6.07, 6.45) is 4.24. The molecule has 21 heavy (non-hydrogen) atoms. The van der Waals surface area contributed by atoms with Gasteiger partial charge in [-0.25, -0.2) is 0 Å². The molecule has 0 saturated heterocycles. The number of nitro groups is 1. The Hall–Kier alpha value is -1.76. The number of anilines is 1. The molecule has 6 nitrogen and oxygen atoms in total. The molecule has 1 amide bonds. The number of hydrogen-bond donors (Lipinski definition) is 2. The summed E-state index contributed by atoms with van der Waals surface area (Å²) in [5.41, 5.74) is 0.537. The van der Waals surface area contributed by atoms with Gasteiger partial charge in [0.25, 0.3) is 11.6 Å². The van der Waals surface area contributed by atoms with Crippen molar-refractivity contribution in [3.63, 3.8) is 0 Å². The van der Waals surface area contributed by atoms with Gasteiger partial charge in [0.1, 0.15) is 5.69 Å². The van der Waals surface area contributed by atoms with Crippen LogP contribution in [-0.4, -0.2) is 34.9 Å². The van der Waals surface area contributed by atoms with E-state index in [2.05, 4.69) is 10.6 Å². The van der Waals surface area contributed by atoms with E-state index in [0.29, 0.717) is 18.7 Å². The van der Waals surface area contributed by atoms with Gasteiger partial charge >= 0.3 is 0 Å². The average Bonchev–Trinajstić information content (AvgIpc) is 3.25. The minimum Gasteiger partial charge on any atom is -0.379 e. The maximum absolute atomic E-state index is 12.3. The highest BCUT2D eigenvalue weighted by Gasteiger charge is 2.42. The first-order valence-corrected chi connectivity index (χ1v) is 8.10. The van der Waals surface area contributed by atoms with Crippen LogP contribution < -0.4 is 10.6 Å². The van der Waals surface area contributed by atoms with E-state index in [1.807, 2.05) is 13.2 Å². The molecule has 1 aromatic rings. The van der Waals surface area contributed by atoms with Crippen LogP contribution >= 0.6 is 11.8 Å². The van der Waals surface area contributed by atoms with E-state index >= 15 is 0 Å². The van der Waals surface area contributed by atoms with Crippen LogP contribution in [-0.2, 0) is 0 Å². The number of amides is 1. The van der Waals surface area contributed by atoms with Crippen molar-refractivity contribution in [2.75, 3.05) is 24.7 Å². The van der Waals surface area contributed by atoms with Gasteiger partial charge in [-0.1, -0.05) is 6.07 Å². The van der Waals surface area contributed by atoms with Gasteiger partial charge in [-0.05, 0) is 32.1 Å². The van der Waals surface area contributed by atoms with Crippen molar-refractivity contribution in [3.05, 3.63) is 33.9 Å². The van der Waals surface area contributed by atoms with Crippen LogP contribution in [0.1, 0.15) is 30.1 Å². The molecule has 1 saturated carbocycles. The lowest BCUT2D eigenvalue weighted by Crippen LogP contribution is -2.32. The first kappa shape index (κ1) is 15.6. The molecule has 2 rings (SSSR count). The second-order valence-electron chi connectivity index (χ2n) is 5.06. The summed E-state index contributed by atoms with van der Waals surface area (Å²) in [6.45, 7) is 2.95. The van der Waals surface area contributed by atoms with Crippen LogP contribution in [0.25, 0.3) is 0 Å². The van der Waals surface area contributed by atoms with Gasteiger partial charge in [0.15, 0.2) is 0 Å². The van der Waals surface area contributed by atoms with Gasteiger partial charge < -0.3 is 10.6 Å². The van der Waals surface area contributed by atoms with Gasteiger partial charge in [-0.15, -0.1) is 0 Å². The lowest BCUT2D eigenvalue weighted by molar-refractivity contribution is -0.384. The zero-order valence-corrected chi connectivity index (χ0v) is 13.0. The summed E-state index contributed by atoms with van der Waals surface area (Å²) >= 11 is 1.76. The number of thioether (sulfide) groups is 1. The van der Waals surface area contributed by atoms with Crippen LogP contribution in [0, 0.1) is 10.1 Å². The lowest BCUT2D eigenvalue weighted by Gasteiger charge is -2.15. The molecule has 2 N–H and O–H groups in total. The van der Waals surface area contributed by atoms with E-state index in [-0.39, 0.29) is 22.0 Å². The second-order valence-corrected chi connectivity index (χ2v) is 6.33. The molecule has 0 atom stereocenters. The van der Waals surface area contributed by atoms with Crippen molar-refractivity contribution in [2.24, 2.45) is 0 Å². The minimum atomic E-state index is -0.473. The SMILES string of the molecule is CCNc1c(C(=O)NCC2(SC)CC2)cccc1[N+](=O)[O-]. The van der Waals surface area contributed by atoms with Gasteiger partial charge in [0.2, 0.25) is 0 Å². The molecule has 0 heterocycles. The standard InChI is InChI=1S/C14H19N3O3S/c1-3-15-12-10(5-4-6-11(12)17(19)20)13(18)16-9-14(21-2)7-8-14/h4-6,15H,3,7-9H2,1-2H3,(H,16,18). The zero-order chi connectivity index (χ0) is 15.5. The number of carbonyl (C=O) groups is 1. The Morgan fingerprint density at radius 2 is 2.19 bits per heavy atom. The summed E-state index contributed by atoms with van der Waals surface area (Å²) in [5, 5.41) is 16.9. The first-order valence-electron chi connectivity index (χ1n) is 6.87. The molecular formula is C14H19N3O3S. The van der Waals surface area contributed by atoms with E-state index in [1.54, 1.807) is 17.8 Å². The van der Waals surface area contributed by atoms with Crippen LogP contribution in [0.15, 0.2) is 18.2 Å². The molecule has 0 aliphatic heterocycles. The van der Waals surface area contributed by atoms with Crippen LogP contribution in [0.5, 0.6) is 0 Å². The highest BCUT2D eigenvalue weighted by atomic mass is 32.2. The van der Waals surface area contributed by atoms with Gasteiger partial charge in [-0.2, -0.15) is 11.8 Å². The first-order chi connectivity index (χ1) is 10.0. The normalized spacial score (nSPS) is 15.3. The summed E-state index contributed by atoms with van der Waals surface area (Å²) in [4.78, 5) is 22.9. The monoisotopic (exact) mass is 309 g/mol. The number of rotatable bonds is 7. The minimum absolute atomic E-state index is 0.0736. The van der Waals surface area contributed by atoms with Crippen molar-refractivity contribution in [1.82, 2.24) is 5.32 Å². The van der Waals surface area contributed by atoms with Crippen LogP contribution in [0.4, 0.5) is 11.4 Å². The van der Waals surface area contributed by atoms with Crippen molar-refractivity contribution >= 4 is 29.0 Å². The predicted molar refractivity (Wildman–Crippen MR) is 85.1 cm³/mol. The zero-order valence-electron chi connectivity index (χ0n) is 12.1. The quantitative estimate of drug-likeness (QED) is 0.597. The molecule has 1 aliphatic carbocycles. The lowest BCUT2D eigenvalue weighted by atomic mass is 10.1. The fourth-order valence-electron chi connectivity index (χ4n) is 2.17. The molecule has 0 unspecified atom stereocenters. The molecule has 1 aromatic carbocycles. The third-order valence-corrected chi connectivity index (χ3v) is 5.07. The Morgan fingerprint density at radius 1 is 1.48 bits per heavy atom. The van der Waals surface area contributed by atoms with Gasteiger partial charge in [0, 0.05) is 23.9 Å². The number of hydrogen-bond acceptors (Lipinski definition) is 5. The highest BCUT2D eigenvalue weighted by molar-refractivity contribution is 8.00. The van der Waals surface area contributed by atoms with E-state index in [0.717, 1.165) is 12.8 Å². The van der Waals surface area contributed by atoms with Crippen molar-refractivity contribution in [3.8, 4) is 0 Å². The van der Waals surface area contributed by atoms with Gasteiger partial charge in [0.05, 0.1) is 10.5 Å². The summed E-state index contributed by atoms with van der Waals surface area (Å²) in [6, 6.07) is 4.55. The fraction of sp³-hybridized carbons (Fsp3) is 0.500. The molecule has 0 aromatic heterocycles. The fourth-order valence-corrected chi connectivity index (χ4v) is 2.90. The molecule has 7 heteroatoms. The second kappa shape index (κ2) is 6.34. The number of benzene rings is 1. The molecule has 1 fully saturated rings. The highest BCUT2D eigenvalue weighted by Crippen LogP contribution is 2.46. The van der Waals surface area contributed by atoms with Crippen molar-refractivity contribution in [1.29, 1.82) is 0 Å². The Kier molecular flexibility index (Phi) is 4.72. The average molecular weight is 309 g/mol. The van der Waals surface area contributed by atoms with E-state index < -0.39 is 4.92 Å². The third-order valence-electron chi connectivity index (χ3n) is 3.65. The smallest absolute Gasteiger partial charge is 0.293 e. The molecule has 0 bridgehead atoms. The van der Waals surface area contributed by atoms with Crippen molar-refractivity contribution < 1.29 is 9.72 Å². The number of carbonyl (C=O) groups excluding carboxylic acids is 1. The van der Waals surface area contributed by atoms with E-state index in [1.165, 1.54) is 12.1 Å². The van der Waals surface area contributed by atoms with Crippen molar-refractivity contribution in [2.45, 2.75) is 24.5 Å². The number of nitrogens with one attached hydrogen (secondary N) is 2. The third kappa shape index (κ3) is 3.47. The van der Waals surface area contributed by atoms with E-state index in [9.17, 15) is 14.9 Å². The summed E-state index contributed by atoms with van der Waals surface area (Å²) in [5.74, 6) is -0.269. The summed E-state index contributed by atoms with van der Waals surface area (Å²) < 4.78 is 0.161. The Morgan fingerprint density at radius 3 is 2.71 bits per heavy atom. The summed E-state index contributed by atoms with van der Waals surface area (Å²) in [7, 11) is 0. The number of para-hydroxylation sites is 1. The van der Waals surface area contributed by atoms with Crippen LogP contribution in [0.3, 0.4) is 0 Å². The maximum atomic E-state index is 12.3. The molecule has 114 valence electrons. The maximum Gasteiger partial charge on any atom is 0.293 e. The van der Waals surface area contributed by atoms with Gasteiger partial charge in [-0.3, -0.25) is 14.9 Å². The Balaban J connectivity index is 2.19. The Labute approximate surface area is 127 Å². The largest absolute Gasteiger partial charge is 0.379 e. The van der Waals surface area contributed by atoms with E-state index in [4.69, 9.17) is 0 Å². The number of nitrogens with zero attached hydrogens (tertiary/aromatic N) is 1.